The van der Waals surface area contributed by atoms with Gasteiger partial charge in [0, 0.05) is 36.8 Å². The van der Waals surface area contributed by atoms with Gasteiger partial charge in [0.15, 0.2) is 11.5 Å². The molecule has 40 heavy (non-hydrogen) atoms. The zero-order chi connectivity index (χ0) is 28.1. The Hall–Kier alpha value is -4.30. The number of ether oxygens (including phenoxy) is 3. The summed E-state index contributed by atoms with van der Waals surface area (Å²) in [6.07, 6.45) is 1.72. The number of aryl methyl sites for hydroxylation is 1. The number of fused-ring (bicyclic) bond motifs is 2. The second-order valence-corrected chi connectivity index (χ2v) is 9.97. The van der Waals surface area contributed by atoms with E-state index in [0.717, 1.165) is 58.7 Å². The molecule has 5 rings (SSSR count). The second kappa shape index (κ2) is 12.3. The first-order chi connectivity index (χ1) is 19.5. The van der Waals surface area contributed by atoms with E-state index in [2.05, 4.69) is 38.7 Å². The molecule has 3 aromatic carbocycles. The highest BCUT2D eigenvalue weighted by atomic mass is 16.5. The Morgan fingerprint density at radius 3 is 2.60 bits per heavy atom. The number of urea groups is 1. The molecular weight excluding hydrogens is 504 g/mol. The minimum atomic E-state index is -0.227. The predicted octanol–water partition coefficient (Wildman–Crippen LogP) is 5.53. The van der Waals surface area contributed by atoms with Crippen LogP contribution in [0.25, 0.3) is 10.9 Å². The molecule has 2 amide bonds. The lowest BCUT2D eigenvalue weighted by atomic mass is 9.88. The van der Waals surface area contributed by atoms with Gasteiger partial charge < -0.3 is 24.8 Å². The number of nitrogens with zero attached hydrogens (tertiary/aromatic N) is 2. The number of rotatable bonds is 9. The SMILES string of the molecule is COc1ccc2c(c1)CCN(CCNC(=O)Nc1cc(C)nc3ccccc13)C2Cc1ccc(OC)c(OC)c1. The fraction of sp³-hybridized carbons (Fsp3) is 0.312. The van der Waals surface area contributed by atoms with Crippen LogP contribution >= 0.6 is 0 Å². The van der Waals surface area contributed by atoms with Crippen LogP contribution in [0.4, 0.5) is 10.5 Å². The fourth-order valence-corrected chi connectivity index (χ4v) is 5.50. The van der Waals surface area contributed by atoms with Gasteiger partial charge in [0.25, 0.3) is 0 Å². The fourth-order valence-electron chi connectivity index (χ4n) is 5.50. The van der Waals surface area contributed by atoms with Crippen molar-refractivity contribution in [3.05, 3.63) is 89.1 Å². The number of hydrogen-bond acceptors (Lipinski definition) is 6. The number of methoxy groups -OCH3 is 3. The zero-order valence-corrected chi connectivity index (χ0v) is 23.5. The number of carbonyl (C=O) groups is 1. The molecule has 0 spiro atoms. The lowest BCUT2D eigenvalue weighted by molar-refractivity contribution is 0.184. The molecule has 0 saturated heterocycles. The molecule has 8 heteroatoms. The van der Waals surface area contributed by atoms with E-state index in [1.54, 1.807) is 21.3 Å². The molecule has 1 aliphatic rings. The Labute approximate surface area is 235 Å². The molecule has 8 nitrogen and oxygen atoms in total. The summed E-state index contributed by atoms with van der Waals surface area (Å²) in [5.41, 5.74) is 6.21. The first kappa shape index (κ1) is 27.3. The van der Waals surface area contributed by atoms with Crippen molar-refractivity contribution in [2.75, 3.05) is 46.3 Å². The summed E-state index contributed by atoms with van der Waals surface area (Å²) in [4.78, 5) is 19.9. The number of aromatic nitrogens is 1. The number of para-hydroxylation sites is 1. The van der Waals surface area contributed by atoms with Crippen molar-refractivity contribution >= 4 is 22.6 Å². The Balaban J connectivity index is 1.30. The number of amides is 2. The highest BCUT2D eigenvalue weighted by Gasteiger charge is 2.28. The summed E-state index contributed by atoms with van der Waals surface area (Å²) in [5.74, 6) is 2.30. The number of hydrogen-bond donors (Lipinski definition) is 2. The van der Waals surface area contributed by atoms with E-state index < -0.39 is 0 Å². The third-order valence-corrected chi connectivity index (χ3v) is 7.47. The second-order valence-electron chi connectivity index (χ2n) is 9.97. The van der Waals surface area contributed by atoms with Crippen LogP contribution in [0.2, 0.25) is 0 Å². The molecule has 2 heterocycles. The third kappa shape index (κ3) is 5.97. The van der Waals surface area contributed by atoms with Crippen molar-refractivity contribution in [2.24, 2.45) is 0 Å². The van der Waals surface area contributed by atoms with Crippen LogP contribution < -0.4 is 24.8 Å². The highest BCUT2D eigenvalue weighted by Crippen LogP contribution is 2.36. The molecule has 0 bridgehead atoms. The maximum atomic E-state index is 12.9. The average Bonchev–Trinajstić information content (AvgIpc) is 2.97. The van der Waals surface area contributed by atoms with Crippen molar-refractivity contribution in [3.63, 3.8) is 0 Å². The standard InChI is InChI=1S/C32H36N4O4/c1-21-17-28(26-7-5-6-8-27(26)34-21)35-32(37)33-14-16-36-15-13-23-20-24(38-2)10-11-25(23)29(36)18-22-9-12-30(39-3)31(19-22)40-4/h5-12,17,19-20,29H,13-16,18H2,1-4H3,(H2,33,34,35,37). The molecule has 2 N–H and O–H groups in total. The molecule has 4 aromatic rings. The van der Waals surface area contributed by atoms with Crippen molar-refractivity contribution in [3.8, 4) is 17.2 Å². The Bertz CT molecular complexity index is 1510. The Kier molecular flexibility index (Phi) is 8.36. The minimum absolute atomic E-state index is 0.143. The van der Waals surface area contributed by atoms with E-state index in [9.17, 15) is 4.79 Å². The third-order valence-electron chi connectivity index (χ3n) is 7.47. The molecule has 1 aromatic heterocycles. The Morgan fingerprint density at radius 1 is 0.975 bits per heavy atom. The van der Waals surface area contributed by atoms with Crippen molar-refractivity contribution < 1.29 is 19.0 Å². The summed E-state index contributed by atoms with van der Waals surface area (Å²) in [6, 6.07) is 22.0. The summed E-state index contributed by atoms with van der Waals surface area (Å²) < 4.78 is 16.5. The van der Waals surface area contributed by atoms with E-state index in [0.29, 0.717) is 18.8 Å². The number of benzene rings is 3. The van der Waals surface area contributed by atoms with Gasteiger partial charge in [-0.25, -0.2) is 4.79 Å². The van der Waals surface area contributed by atoms with Crippen LogP contribution in [0.3, 0.4) is 0 Å². The topological polar surface area (TPSA) is 85.0 Å². The summed E-state index contributed by atoms with van der Waals surface area (Å²) in [5, 5.41) is 6.99. The van der Waals surface area contributed by atoms with Gasteiger partial charge in [0.2, 0.25) is 0 Å². The van der Waals surface area contributed by atoms with Gasteiger partial charge in [0.05, 0.1) is 32.5 Å². The van der Waals surface area contributed by atoms with Crippen molar-refractivity contribution in [1.29, 1.82) is 0 Å². The summed E-state index contributed by atoms with van der Waals surface area (Å²) in [7, 11) is 5.00. The first-order valence-electron chi connectivity index (χ1n) is 13.5. The van der Waals surface area contributed by atoms with Gasteiger partial charge in [-0.05, 0) is 72.9 Å². The van der Waals surface area contributed by atoms with Gasteiger partial charge >= 0.3 is 6.03 Å². The number of pyridine rings is 1. The smallest absolute Gasteiger partial charge is 0.319 e. The quantitative estimate of drug-likeness (QED) is 0.290. The van der Waals surface area contributed by atoms with Crippen LogP contribution in [0, 0.1) is 6.92 Å². The van der Waals surface area contributed by atoms with E-state index >= 15 is 0 Å². The van der Waals surface area contributed by atoms with Gasteiger partial charge in [0.1, 0.15) is 5.75 Å². The van der Waals surface area contributed by atoms with Crippen molar-refractivity contribution in [1.82, 2.24) is 15.2 Å². The lowest BCUT2D eigenvalue weighted by Crippen LogP contribution is -2.42. The van der Waals surface area contributed by atoms with Gasteiger partial charge in [-0.1, -0.05) is 30.3 Å². The summed E-state index contributed by atoms with van der Waals surface area (Å²) >= 11 is 0. The van der Waals surface area contributed by atoms with E-state index in [1.807, 2.05) is 55.5 Å². The van der Waals surface area contributed by atoms with Gasteiger partial charge in [-0.3, -0.25) is 9.88 Å². The van der Waals surface area contributed by atoms with E-state index in [1.165, 1.54) is 11.1 Å². The Morgan fingerprint density at radius 2 is 1.80 bits per heavy atom. The molecular formula is C32H36N4O4. The zero-order valence-electron chi connectivity index (χ0n) is 23.5. The average molecular weight is 541 g/mol. The first-order valence-corrected chi connectivity index (χ1v) is 13.5. The molecule has 1 aliphatic heterocycles. The van der Waals surface area contributed by atoms with Gasteiger partial charge in [-0.2, -0.15) is 0 Å². The van der Waals surface area contributed by atoms with Crippen molar-refractivity contribution in [2.45, 2.75) is 25.8 Å². The molecule has 1 atom stereocenters. The lowest BCUT2D eigenvalue weighted by Gasteiger charge is -2.38. The molecule has 0 aliphatic carbocycles. The molecule has 208 valence electrons. The minimum Gasteiger partial charge on any atom is -0.497 e. The van der Waals surface area contributed by atoms with E-state index in [-0.39, 0.29) is 12.1 Å². The largest absolute Gasteiger partial charge is 0.497 e. The number of anilines is 1. The molecule has 0 saturated carbocycles. The monoisotopic (exact) mass is 540 g/mol. The highest BCUT2D eigenvalue weighted by molar-refractivity contribution is 6.00. The van der Waals surface area contributed by atoms with Crippen LogP contribution in [-0.2, 0) is 12.8 Å². The maximum Gasteiger partial charge on any atom is 0.319 e. The van der Waals surface area contributed by atoms with Crippen LogP contribution in [0.15, 0.2) is 66.7 Å². The number of carbonyl (C=O) groups excluding carboxylic acids is 1. The van der Waals surface area contributed by atoms with E-state index in [4.69, 9.17) is 14.2 Å². The normalized spacial score (nSPS) is 14.8. The van der Waals surface area contributed by atoms with Crippen LogP contribution in [0.1, 0.15) is 28.4 Å². The molecule has 0 radical (unpaired) electrons. The van der Waals surface area contributed by atoms with Crippen LogP contribution in [-0.4, -0.2) is 56.9 Å². The summed E-state index contributed by atoms with van der Waals surface area (Å²) in [6.45, 7) is 4.04. The van der Waals surface area contributed by atoms with Crippen LogP contribution in [0.5, 0.6) is 17.2 Å². The van der Waals surface area contributed by atoms with Gasteiger partial charge in [-0.15, -0.1) is 0 Å². The maximum absolute atomic E-state index is 12.9. The molecule has 0 fully saturated rings. The predicted molar refractivity (Wildman–Crippen MR) is 158 cm³/mol. The molecule has 1 unspecified atom stereocenters. The number of nitrogens with one attached hydrogen (secondary N) is 2.